The molecule has 2 heterocycles. The number of thiophene rings is 1. The van der Waals surface area contributed by atoms with E-state index in [1.807, 2.05) is 5.38 Å². The Kier molecular flexibility index (Phi) is 4.16. The molecule has 0 saturated heterocycles. The predicted molar refractivity (Wildman–Crippen MR) is 89.8 cm³/mol. The highest BCUT2D eigenvalue weighted by atomic mass is 32.2. The summed E-state index contributed by atoms with van der Waals surface area (Å²) in [5, 5.41) is 13.7. The lowest BCUT2D eigenvalue weighted by Gasteiger charge is -2.16. The molecule has 0 unspecified atom stereocenters. The molecular formula is C16H15FN2OS2. The number of fused-ring (bicyclic) bond motifs is 1. The number of hydrogen-bond acceptors (Lipinski definition) is 5. The molecule has 0 radical (unpaired) electrons. The van der Waals surface area contributed by atoms with Crippen molar-refractivity contribution in [3.05, 3.63) is 41.8 Å². The second kappa shape index (κ2) is 5.95. The fourth-order valence-electron chi connectivity index (χ4n) is 2.04. The van der Waals surface area contributed by atoms with Crippen LogP contribution in [0.3, 0.4) is 0 Å². The van der Waals surface area contributed by atoms with E-state index >= 15 is 0 Å². The standard InChI is InChI=1S/C16H15FN2OS2/c1-16(2,20)8-22-15-13-12(7-21-14(13)18-9-19-15)10-3-5-11(17)6-4-10/h3-7,9,20H,8H2,1-2H3. The van der Waals surface area contributed by atoms with Crippen LogP contribution in [-0.4, -0.2) is 26.4 Å². The predicted octanol–water partition coefficient (Wildman–Crippen LogP) is 4.36. The SMILES string of the molecule is CC(C)(O)CSc1ncnc2scc(-c3ccc(F)cc3)c12. The van der Waals surface area contributed by atoms with Crippen LogP contribution in [0.5, 0.6) is 0 Å². The molecule has 0 fully saturated rings. The maximum atomic E-state index is 13.1. The number of nitrogens with zero attached hydrogens (tertiary/aromatic N) is 2. The molecule has 1 N–H and O–H groups in total. The van der Waals surface area contributed by atoms with Gasteiger partial charge in [0.05, 0.1) is 11.0 Å². The Morgan fingerprint density at radius 3 is 2.64 bits per heavy atom. The maximum absolute atomic E-state index is 13.1. The van der Waals surface area contributed by atoms with Crippen molar-refractivity contribution in [2.45, 2.75) is 24.5 Å². The van der Waals surface area contributed by atoms with E-state index < -0.39 is 5.60 Å². The minimum Gasteiger partial charge on any atom is -0.390 e. The van der Waals surface area contributed by atoms with Gasteiger partial charge in [0.2, 0.25) is 0 Å². The Balaban J connectivity index is 2.06. The number of aliphatic hydroxyl groups is 1. The Morgan fingerprint density at radius 2 is 1.95 bits per heavy atom. The molecule has 3 rings (SSSR count). The summed E-state index contributed by atoms with van der Waals surface area (Å²) in [6.45, 7) is 3.54. The van der Waals surface area contributed by atoms with Crippen LogP contribution in [0.1, 0.15) is 13.8 Å². The molecule has 0 aliphatic rings. The van der Waals surface area contributed by atoms with Crippen molar-refractivity contribution in [1.82, 2.24) is 9.97 Å². The lowest BCUT2D eigenvalue weighted by Crippen LogP contribution is -2.21. The molecule has 0 bridgehead atoms. The molecular weight excluding hydrogens is 319 g/mol. The third kappa shape index (κ3) is 3.29. The molecule has 0 saturated carbocycles. The molecule has 0 atom stereocenters. The first kappa shape index (κ1) is 15.4. The lowest BCUT2D eigenvalue weighted by atomic mass is 10.1. The van der Waals surface area contributed by atoms with Crippen molar-refractivity contribution in [2.24, 2.45) is 0 Å². The van der Waals surface area contributed by atoms with Gasteiger partial charge in [0.1, 0.15) is 22.0 Å². The van der Waals surface area contributed by atoms with E-state index in [2.05, 4.69) is 9.97 Å². The molecule has 0 amide bonds. The maximum Gasteiger partial charge on any atom is 0.128 e. The van der Waals surface area contributed by atoms with Crippen LogP contribution >= 0.6 is 23.1 Å². The number of halogens is 1. The normalized spacial score (nSPS) is 12.0. The summed E-state index contributed by atoms with van der Waals surface area (Å²) in [5.41, 5.74) is 1.17. The fraction of sp³-hybridized carbons (Fsp3) is 0.250. The molecule has 0 aliphatic carbocycles. The van der Waals surface area contributed by atoms with E-state index in [-0.39, 0.29) is 5.82 Å². The molecule has 3 nitrogen and oxygen atoms in total. The third-order valence-corrected chi connectivity index (χ3v) is 5.37. The Morgan fingerprint density at radius 1 is 1.23 bits per heavy atom. The summed E-state index contributed by atoms with van der Waals surface area (Å²) in [6.07, 6.45) is 1.54. The summed E-state index contributed by atoms with van der Waals surface area (Å²) >= 11 is 3.04. The zero-order chi connectivity index (χ0) is 15.7. The highest BCUT2D eigenvalue weighted by molar-refractivity contribution is 7.99. The summed E-state index contributed by atoms with van der Waals surface area (Å²) in [6, 6.07) is 6.42. The fourth-order valence-corrected chi connectivity index (χ4v) is 3.99. The molecule has 0 aliphatic heterocycles. The Hall–Kier alpha value is -1.50. The van der Waals surface area contributed by atoms with Gasteiger partial charge in [-0.05, 0) is 31.5 Å². The van der Waals surface area contributed by atoms with Gasteiger partial charge in [-0.2, -0.15) is 0 Å². The van der Waals surface area contributed by atoms with E-state index in [9.17, 15) is 9.50 Å². The van der Waals surface area contributed by atoms with Crippen LogP contribution in [-0.2, 0) is 0 Å². The zero-order valence-electron chi connectivity index (χ0n) is 12.2. The summed E-state index contributed by atoms with van der Waals surface area (Å²) in [5.74, 6) is 0.286. The van der Waals surface area contributed by atoms with Gasteiger partial charge in [-0.25, -0.2) is 14.4 Å². The highest BCUT2D eigenvalue weighted by Gasteiger charge is 2.17. The van der Waals surface area contributed by atoms with Crippen LogP contribution in [0.4, 0.5) is 4.39 Å². The van der Waals surface area contributed by atoms with Crippen molar-refractivity contribution in [3.8, 4) is 11.1 Å². The van der Waals surface area contributed by atoms with Crippen LogP contribution < -0.4 is 0 Å². The molecule has 0 spiro atoms. The van der Waals surface area contributed by atoms with Gasteiger partial charge >= 0.3 is 0 Å². The second-order valence-electron chi connectivity index (χ2n) is 5.62. The van der Waals surface area contributed by atoms with Gasteiger partial charge in [-0.1, -0.05) is 12.1 Å². The topological polar surface area (TPSA) is 46.0 Å². The summed E-state index contributed by atoms with van der Waals surface area (Å²) in [4.78, 5) is 9.56. The molecule has 114 valence electrons. The molecule has 1 aromatic carbocycles. The minimum absolute atomic E-state index is 0.254. The number of benzene rings is 1. The van der Waals surface area contributed by atoms with Gasteiger partial charge in [0.15, 0.2) is 0 Å². The number of aromatic nitrogens is 2. The summed E-state index contributed by atoms with van der Waals surface area (Å²) < 4.78 is 13.1. The number of rotatable bonds is 4. The van der Waals surface area contributed by atoms with Gasteiger partial charge in [0, 0.05) is 16.7 Å². The third-order valence-electron chi connectivity index (χ3n) is 3.05. The average Bonchev–Trinajstić information content (AvgIpc) is 2.90. The monoisotopic (exact) mass is 334 g/mol. The van der Waals surface area contributed by atoms with Crippen LogP contribution in [0, 0.1) is 5.82 Å². The van der Waals surface area contributed by atoms with E-state index in [1.54, 1.807) is 32.3 Å². The van der Waals surface area contributed by atoms with Gasteiger partial charge in [0.25, 0.3) is 0 Å². The van der Waals surface area contributed by atoms with Crippen molar-refractivity contribution in [1.29, 1.82) is 0 Å². The van der Waals surface area contributed by atoms with Crippen LogP contribution in [0.25, 0.3) is 21.3 Å². The average molecular weight is 334 g/mol. The smallest absolute Gasteiger partial charge is 0.128 e. The van der Waals surface area contributed by atoms with Crippen molar-refractivity contribution < 1.29 is 9.50 Å². The first-order valence-corrected chi connectivity index (χ1v) is 8.64. The van der Waals surface area contributed by atoms with Crippen molar-refractivity contribution in [3.63, 3.8) is 0 Å². The van der Waals surface area contributed by atoms with Crippen molar-refractivity contribution in [2.75, 3.05) is 5.75 Å². The summed E-state index contributed by atoms with van der Waals surface area (Å²) in [7, 11) is 0. The van der Waals surface area contributed by atoms with E-state index in [1.165, 1.54) is 35.2 Å². The van der Waals surface area contributed by atoms with E-state index in [0.717, 1.165) is 26.4 Å². The lowest BCUT2D eigenvalue weighted by molar-refractivity contribution is 0.107. The van der Waals surface area contributed by atoms with Crippen molar-refractivity contribution >= 4 is 33.3 Å². The number of thioether (sulfide) groups is 1. The van der Waals surface area contributed by atoms with Gasteiger partial charge in [-0.3, -0.25) is 0 Å². The van der Waals surface area contributed by atoms with Crippen LogP contribution in [0.15, 0.2) is 41.0 Å². The van der Waals surface area contributed by atoms with Gasteiger partial charge < -0.3 is 5.11 Å². The molecule has 6 heteroatoms. The van der Waals surface area contributed by atoms with E-state index in [0.29, 0.717) is 5.75 Å². The van der Waals surface area contributed by atoms with E-state index in [4.69, 9.17) is 0 Å². The number of hydrogen-bond donors (Lipinski definition) is 1. The largest absolute Gasteiger partial charge is 0.390 e. The Labute approximate surface area is 136 Å². The Bertz CT molecular complexity index is 794. The minimum atomic E-state index is -0.770. The molecule has 22 heavy (non-hydrogen) atoms. The molecule has 3 aromatic rings. The van der Waals surface area contributed by atoms with Gasteiger partial charge in [-0.15, -0.1) is 23.1 Å². The zero-order valence-corrected chi connectivity index (χ0v) is 13.8. The highest BCUT2D eigenvalue weighted by Crippen LogP contribution is 2.38. The second-order valence-corrected chi connectivity index (χ2v) is 7.44. The first-order chi connectivity index (χ1) is 10.4. The molecule has 2 aromatic heterocycles. The first-order valence-electron chi connectivity index (χ1n) is 6.77. The quantitative estimate of drug-likeness (QED) is 0.569. The van der Waals surface area contributed by atoms with Crippen LogP contribution in [0.2, 0.25) is 0 Å².